The first-order valence-electron chi connectivity index (χ1n) is 5.59. The summed E-state index contributed by atoms with van der Waals surface area (Å²) in [5.74, 6) is -0.134. The maximum Gasteiger partial charge on any atom is 0.256 e. The zero-order chi connectivity index (χ0) is 13.3. The summed E-state index contributed by atoms with van der Waals surface area (Å²) in [6, 6.07) is 4.88. The number of aryl methyl sites for hydroxylation is 2. The van der Waals surface area contributed by atoms with E-state index in [2.05, 4.69) is 10.4 Å². The minimum absolute atomic E-state index is 0.116. The van der Waals surface area contributed by atoms with Crippen LogP contribution in [0.25, 0.3) is 0 Å². The smallest absolute Gasteiger partial charge is 0.256 e. The molecule has 5 nitrogen and oxygen atoms in total. The lowest BCUT2D eigenvalue weighted by Crippen LogP contribution is -2.13. The maximum absolute atomic E-state index is 12.1. The number of anilines is 1. The van der Waals surface area contributed by atoms with E-state index in [-0.39, 0.29) is 11.7 Å². The number of phenols is 1. The van der Waals surface area contributed by atoms with Gasteiger partial charge in [0.05, 0.1) is 11.4 Å². The van der Waals surface area contributed by atoms with E-state index in [4.69, 9.17) is 0 Å². The predicted molar refractivity (Wildman–Crippen MR) is 68.7 cm³/mol. The van der Waals surface area contributed by atoms with Crippen molar-refractivity contribution in [2.45, 2.75) is 13.8 Å². The van der Waals surface area contributed by atoms with Crippen LogP contribution in [0.3, 0.4) is 0 Å². The van der Waals surface area contributed by atoms with Crippen molar-refractivity contribution in [3.05, 3.63) is 41.2 Å². The fraction of sp³-hybridized carbons (Fsp3) is 0.231. The number of nitrogens with zero attached hydrogens (tertiary/aromatic N) is 2. The Labute approximate surface area is 105 Å². The number of rotatable bonds is 2. The molecule has 1 aromatic heterocycles. The van der Waals surface area contributed by atoms with Crippen molar-refractivity contribution < 1.29 is 9.90 Å². The molecular formula is C13H15N3O2. The maximum atomic E-state index is 12.1. The molecule has 2 aromatic rings. The number of aromatic nitrogens is 2. The van der Waals surface area contributed by atoms with Gasteiger partial charge in [0, 0.05) is 24.4 Å². The number of hydrogen-bond donors (Lipinski definition) is 2. The second kappa shape index (κ2) is 4.52. The summed E-state index contributed by atoms with van der Waals surface area (Å²) in [5.41, 5.74) is 2.45. The molecule has 94 valence electrons. The van der Waals surface area contributed by atoms with E-state index < -0.39 is 0 Å². The fourth-order valence-electron chi connectivity index (χ4n) is 1.78. The van der Waals surface area contributed by atoms with Crippen LogP contribution in [0.4, 0.5) is 5.69 Å². The molecule has 1 aromatic carbocycles. The number of aromatic hydroxyl groups is 1. The van der Waals surface area contributed by atoms with Gasteiger partial charge in [-0.2, -0.15) is 5.10 Å². The molecule has 1 amide bonds. The molecular weight excluding hydrogens is 230 g/mol. The normalized spacial score (nSPS) is 10.4. The van der Waals surface area contributed by atoms with E-state index in [1.165, 1.54) is 0 Å². The minimum Gasteiger partial charge on any atom is -0.508 e. The molecule has 5 heteroatoms. The monoisotopic (exact) mass is 245 g/mol. The Hall–Kier alpha value is -2.30. The molecule has 2 N–H and O–H groups in total. The van der Waals surface area contributed by atoms with E-state index in [0.717, 1.165) is 5.69 Å². The van der Waals surface area contributed by atoms with Crippen LogP contribution in [0.5, 0.6) is 5.75 Å². The van der Waals surface area contributed by atoms with Crippen LogP contribution in [-0.4, -0.2) is 20.8 Å². The Balaban J connectivity index is 2.27. The van der Waals surface area contributed by atoms with Gasteiger partial charge in [-0.1, -0.05) is 6.07 Å². The highest BCUT2D eigenvalue weighted by Gasteiger charge is 2.13. The number of nitrogens with one attached hydrogen (secondary N) is 1. The van der Waals surface area contributed by atoms with Gasteiger partial charge in [0.15, 0.2) is 0 Å². The van der Waals surface area contributed by atoms with Crippen LogP contribution >= 0.6 is 0 Å². The summed E-state index contributed by atoms with van der Waals surface area (Å²) < 4.78 is 1.64. The SMILES string of the molecule is Cc1nn(C)cc1NC(=O)c1cccc(O)c1C. The van der Waals surface area contributed by atoms with E-state index >= 15 is 0 Å². The molecule has 0 aliphatic carbocycles. The van der Waals surface area contributed by atoms with Crippen LogP contribution in [0.2, 0.25) is 0 Å². The van der Waals surface area contributed by atoms with E-state index in [9.17, 15) is 9.90 Å². The van der Waals surface area contributed by atoms with Gasteiger partial charge in [0.1, 0.15) is 5.75 Å². The van der Waals surface area contributed by atoms with Gasteiger partial charge in [-0.25, -0.2) is 0 Å². The lowest BCUT2D eigenvalue weighted by Gasteiger charge is -2.07. The number of carbonyl (C=O) groups excluding carboxylic acids is 1. The van der Waals surface area contributed by atoms with E-state index in [1.807, 2.05) is 6.92 Å². The van der Waals surface area contributed by atoms with Crippen molar-refractivity contribution in [2.75, 3.05) is 5.32 Å². The first kappa shape index (κ1) is 12.2. The molecule has 0 atom stereocenters. The van der Waals surface area contributed by atoms with Gasteiger partial charge in [-0.3, -0.25) is 9.48 Å². The topological polar surface area (TPSA) is 67.2 Å². The second-order valence-electron chi connectivity index (χ2n) is 4.21. The summed E-state index contributed by atoms with van der Waals surface area (Å²) in [7, 11) is 1.79. The van der Waals surface area contributed by atoms with Crippen molar-refractivity contribution >= 4 is 11.6 Å². The van der Waals surface area contributed by atoms with Gasteiger partial charge in [-0.05, 0) is 26.0 Å². The van der Waals surface area contributed by atoms with Crippen molar-refractivity contribution in [1.82, 2.24) is 9.78 Å². The Morgan fingerprint density at radius 3 is 2.72 bits per heavy atom. The average Bonchev–Trinajstić information content (AvgIpc) is 2.61. The average molecular weight is 245 g/mol. The third kappa shape index (κ3) is 2.20. The molecule has 0 aliphatic rings. The van der Waals surface area contributed by atoms with Gasteiger partial charge in [0.2, 0.25) is 0 Å². The van der Waals surface area contributed by atoms with Crippen molar-refractivity contribution in [3.63, 3.8) is 0 Å². The number of hydrogen-bond acceptors (Lipinski definition) is 3. The number of amides is 1. The second-order valence-corrected chi connectivity index (χ2v) is 4.21. The molecule has 0 saturated carbocycles. The van der Waals surface area contributed by atoms with Crippen LogP contribution < -0.4 is 5.32 Å². The standard InChI is InChI=1S/C13H15N3O2/c1-8-10(5-4-6-12(8)17)13(18)14-11-7-16(3)15-9(11)2/h4-7,17H,1-3H3,(H,14,18). The summed E-state index contributed by atoms with van der Waals surface area (Å²) in [4.78, 5) is 12.1. The summed E-state index contributed by atoms with van der Waals surface area (Å²) in [6.45, 7) is 3.53. The Bertz CT molecular complexity index is 602. The summed E-state index contributed by atoms with van der Waals surface area (Å²) in [5, 5.41) is 16.5. The molecule has 2 rings (SSSR count). The quantitative estimate of drug-likeness (QED) is 0.850. The van der Waals surface area contributed by atoms with E-state index in [1.54, 1.807) is 43.0 Å². The van der Waals surface area contributed by atoms with Crippen LogP contribution in [0, 0.1) is 13.8 Å². The molecule has 0 radical (unpaired) electrons. The van der Waals surface area contributed by atoms with Crippen molar-refractivity contribution in [3.8, 4) is 5.75 Å². The van der Waals surface area contributed by atoms with Gasteiger partial charge in [0.25, 0.3) is 5.91 Å². The Morgan fingerprint density at radius 2 is 2.11 bits per heavy atom. The predicted octanol–water partition coefficient (Wildman–Crippen LogP) is 1.99. The van der Waals surface area contributed by atoms with Crippen LogP contribution in [0.1, 0.15) is 21.6 Å². The first-order chi connectivity index (χ1) is 8.49. The molecule has 0 bridgehead atoms. The number of phenolic OH excluding ortho intramolecular Hbond substituents is 1. The largest absolute Gasteiger partial charge is 0.508 e. The van der Waals surface area contributed by atoms with Crippen molar-refractivity contribution in [2.24, 2.45) is 7.05 Å². The molecule has 0 unspecified atom stereocenters. The molecule has 0 saturated heterocycles. The van der Waals surface area contributed by atoms with Gasteiger partial charge >= 0.3 is 0 Å². The zero-order valence-electron chi connectivity index (χ0n) is 10.6. The Morgan fingerprint density at radius 1 is 1.39 bits per heavy atom. The summed E-state index contributed by atoms with van der Waals surface area (Å²) >= 11 is 0. The third-order valence-electron chi connectivity index (χ3n) is 2.81. The molecule has 0 fully saturated rings. The lowest BCUT2D eigenvalue weighted by atomic mass is 10.1. The van der Waals surface area contributed by atoms with Gasteiger partial charge in [-0.15, -0.1) is 0 Å². The first-order valence-corrected chi connectivity index (χ1v) is 5.59. The van der Waals surface area contributed by atoms with Gasteiger partial charge < -0.3 is 10.4 Å². The summed E-state index contributed by atoms with van der Waals surface area (Å²) in [6.07, 6.45) is 1.74. The zero-order valence-corrected chi connectivity index (χ0v) is 10.6. The van der Waals surface area contributed by atoms with Crippen LogP contribution in [-0.2, 0) is 7.05 Å². The molecule has 0 aliphatic heterocycles. The third-order valence-corrected chi connectivity index (χ3v) is 2.81. The number of benzene rings is 1. The highest BCUT2D eigenvalue weighted by molar-refractivity contribution is 6.05. The Kier molecular flexibility index (Phi) is 3.06. The minimum atomic E-state index is -0.250. The van der Waals surface area contributed by atoms with Crippen molar-refractivity contribution in [1.29, 1.82) is 0 Å². The van der Waals surface area contributed by atoms with Crippen LogP contribution in [0.15, 0.2) is 24.4 Å². The highest BCUT2D eigenvalue weighted by atomic mass is 16.3. The molecule has 1 heterocycles. The lowest BCUT2D eigenvalue weighted by molar-refractivity contribution is 0.102. The highest BCUT2D eigenvalue weighted by Crippen LogP contribution is 2.21. The fourth-order valence-corrected chi connectivity index (χ4v) is 1.78. The molecule has 0 spiro atoms. The van der Waals surface area contributed by atoms with E-state index in [0.29, 0.717) is 16.8 Å². The molecule has 18 heavy (non-hydrogen) atoms. The number of carbonyl (C=O) groups is 1.